The highest BCUT2D eigenvalue weighted by atomic mass is 79.9. The van der Waals surface area contributed by atoms with Crippen molar-refractivity contribution in [3.05, 3.63) is 62.8 Å². The van der Waals surface area contributed by atoms with Gasteiger partial charge in [0.05, 0.1) is 10.4 Å². The lowest BCUT2D eigenvalue weighted by Gasteiger charge is -2.12. The van der Waals surface area contributed by atoms with Crippen molar-refractivity contribution in [2.75, 3.05) is 0 Å². The monoisotopic (exact) mass is 348 g/mol. The first kappa shape index (κ1) is 13.6. The Balaban J connectivity index is 1.91. The first-order valence-electron chi connectivity index (χ1n) is 6.26. The van der Waals surface area contributed by atoms with Crippen LogP contribution in [0.5, 0.6) is 5.75 Å². The van der Waals surface area contributed by atoms with E-state index in [0.717, 1.165) is 30.7 Å². The van der Waals surface area contributed by atoms with Crippen LogP contribution in [0.1, 0.15) is 10.4 Å². The molecule has 1 heterocycles. The van der Waals surface area contributed by atoms with Gasteiger partial charge < -0.3 is 9.84 Å². The van der Waals surface area contributed by atoms with E-state index in [-0.39, 0.29) is 6.61 Å². The molecule has 102 valence electrons. The van der Waals surface area contributed by atoms with Crippen LogP contribution in [0.2, 0.25) is 0 Å². The Labute approximate surface area is 129 Å². The van der Waals surface area contributed by atoms with Gasteiger partial charge in [-0.15, -0.1) is 11.3 Å². The molecule has 0 amide bonds. The van der Waals surface area contributed by atoms with E-state index in [1.807, 2.05) is 48.5 Å². The summed E-state index contributed by atoms with van der Waals surface area (Å²) in [5, 5.41) is 11.8. The summed E-state index contributed by atoms with van der Waals surface area (Å²) >= 11 is 5.10. The summed E-state index contributed by atoms with van der Waals surface area (Å²) in [6.45, 7) is 0.492. The number of hydrogen-bond donors (Lipinski definition) is 1. The number of hydrogen-bond acceptors (Lipinski definition) is 3. The molecule has 2 aromatic carbocycles. The maximum Gasteiger partial charge on any atom is 0.126 e. The minimum atomic E-state index is -0.0230. The van der Waals surface area contributed by atoms with Crippen LogP contribution in [0.3, 0.4) is 0 Å². The number of benzene rings is 2. The second kappa shape index (κ2) is 5.95. The molecule has 0 bridgehead atoms. The number of fused-ring (bicyclic) bond motifs is 1. The van der Waals surface area contributed by atoms with Crippen molar-refractivity contribution in [3.8, 4) is 5.75 Å². The fourth-order valence-electron chi connectivity index (χ4n) is 2.19. The molecule has 0 unspecified atom stereocenters. The zero-order chi connectivity index (χ0) is 13.9. The Hall–Kier alpha value is -1.36. The smallest absolute Gasteiger partial charge is 0.126 e. The van der Waals surface area contributed by atoms with Crippen LogP contribution in [-0.4, -0.2) is 5.11 Å². The number of aliphatic hydroxyl groups excluding tert-OH is 1. The third-order valence-electron chi connectivity index (χ3n) is 3.15. The van der Waals surface area contributed by atoms with E-state index in [4.69, 9.17) is 4.74 Å². The van der Waals surface area contributed by atoms with Crippen LogP contribution in [-0.2, 0) is 13.2 Å². The highest BCUT2D eigenvalue weighted by molar-refractivity contribution is 9.11. The number of halogens is 1. The van der Waals surface area contributed by atoms with Gasteiger partial charge in [0.2, 0.25) is 0 Å². The van der Waals surface area contributed by atoms with Gasteiger partial charge in [-0.05, 0) is 44.9 Å². The van der Waals surface area contributed by atoms with Gasteiger partial charge in [0.15, 0.2) is 0 Å². The van der Waals surface area contributed by atoms with Gasteiger partial charge in [-0.25, -0.2) is 0 Å². The summed E-state index contributed by atoms with van der Waals surface area (Å²) in [5.41, 5.74) is 0.846. The lowest BCUT2D eigenvalue weighted by molar-refractivity contribution is 0.262. The third-order valence-corrected chi connectivity index (χ3v) is 4.75. The van der Waals surface area contributed by atoms with E-state index >= 15 is 0 Å². The fraction of sp³-hybridized carbons (Fsp3) is 0.125. The minimum absolute atomic E-state index is 0.0230. The van der Waals surface area contributed by atoms with Crippen molar-refractivity contribution in [1.29, 1.82) is 0 Å². The van der Waals surface area contributed by atoms with Crippen LogP contribution < -0.4 is 4.74 Å². The van der Waals surface area contributed by atoms with E-state index in [9.17, 15) is 5.11 Å². The van der Waals surface area contributed by atoms with E-state index in [1.165, 1.54) is 0 Å². The normalized spacial score (nSPS) is 10.9. The first-order valence-corrected chi connectivity index (χ1v) is 7.87. The Bertz CT molecular complexity index is 736. The number of aliphatic hydroxyl groups is 1. The molecule has 0 saturated carbocycles. The zero-order valence-electron chi connectivity index (χ0n) is 10.7. The van der Waals surface area contributed by atoms with Crippen LogP contribution >= 0.6 is 27.3 Å². The summed E-state index contributed by atoms with van der Waals surface area (Å²) in [6.07, 6.45) is 0. The van der Waals surface area contributed by atoms with Gasteiger partial charge >= 0.3 is 0 Å². The number of thiophene rings is 1. The van der Waals surface area contributed by atoms with Crippen LogP contribution in [0.4, 0.5) is 0 Å². The summed E-state index contributed by atoms with van der Waals surface area (Å²) in [4.78, 5) is 1.15. The Morgan fingerprint density at radius 1 is 1.05 bits per heavy atom. The molecule has 3 rings (SSSR count). The van der Waals surface area contributed by atoms with Crippen LogP contribution in [0, 0.1) is 0 Å². The Morgan fingerprint density at radius 3 is 2.65 bits per heavy atom. The molecule has 3 aromatic rings. The Morgan fingerprint density at radius 2 is 1.90 bits per heavy atom. The highest BCUT2D eigenvalue weighted by Crippen LogP contribution is 2.30. The standard InChI is InChI=1S/C16H13BrO2S/c17-16-8-6-12(20-16)10-19-15-7-5-11-3-1-2-4-13(11)14(15)9-18/h1-8,18H,9-10H2. The van der Waals surface area contributed by atoms with Gasteiger partial charge in [0.1, 0.15) is 12.4 Å². The molecule has 0 aliphatic heterocycles. The number of rotatable bonds is 4. The van der Waals surface area contributed by atoms with E-state index in [1.54, 1.807) is 11.3 Å². The molecular weight excluding hydrogens is 336 g/mol. The molecule has 20 heavy (non-hydrogen) atoms. The predicted octanol–water partition coefficient (Wildman–Crippen LogP) is 4.74. The molecule has 4 heteroatoms. The van der Waals surface area contributed by atoms with Gasteiger partial charge in [-0.3, -0.25) is 0 Å². The molecule has 0 aliphatic carbocycles. The molecular formula is C16H13BrO2S. The predicted molar refractivity (Wildman–Crippen MR) is 86.2 cm³/mol. The van der Waals surface area contributed by atoms with Crippen LogP contribution in [0.25, 0.3) is 10.8 Å². The average Bonchev–Trinajstić information content (AvgIpc) is 2.90. The van der Waals surface area contributed by atoms with Crippen LogP contribution in [0.15, 0.2) is 52.3 Å². The summed E-state index contributed by atoms with van der Waals surface area (Å²) in [6, 6.07) is 16.0. The van der Waals surface area contributed by atoms with Gasteiger partial charge in [0.25, 0.3) is 0 Å². The first-order chi connectivity index (χ1) is 9.78. The molecule has 0 atom stereocenters. The third kappa shape index (κ3) is 2.73. The molecule has 1 N–H and O–H groups in total. The van der Waals surface area contributed by atoms with Gasteiger partial charge in [0, 0.05) is 10.4 Å². The minimum Gasteiger partial charge on any atom is -0.488 e. The maximum atomic E-state index is 9.63. The van der Waals surface area contributed by atoms with Gasteiger partial charge in [-0.1, -0.05) is 30.3 Å². The molecule has 0 aliphatic rings. The van der Waals surface area contributed by atoms with Crippen molar-refractivity contribution in [2.45, 2.75) is 13.2 Å². The Kier molecular flexibility index (Phi) is 4.05. The van der Waals surface area contributed by atoms with E-state index in [0.29, 0.717) is 6.61 Å². The lowest BCUT2D eigenvalue weighted by Crippen LogP contribution is -1.98. The molecule has 0 fully saturated rings. The lowest BCUT2D eigenvalue weighted by atomic mass is 10.0. The van der Waals surface area contributed by atoms with Crippen molar-refractivity contribution in [2.24, 2.45) is 0 Å². The number of ether oxygens (including phenoxy) is 1. The van der Waals surface area contributed by atoms with Gasteiger partial charge in [-0.2, -0.15) is 0 Å². The van der Waals surface area contributed by atoms with Crippen molar-refractivity contribution >= 4 is 38.0 Å². The molecule has 2 nitrogen and oxygen atoms in total. The average molecular weight is 349 g/mol. The maximum absolute atomic E-state index is 9.63. The van der Waals surface area contributed by atoms with Crippen molar-refractivity contribution < 1.29 is 9.84 Å². The SMILES string of the molecule is OCc1c(OCc2ccc(Br)s2)ccc2ccccc12. The fourth-order valence-corrected chi connectivity index (χ4v) is 3.59. The zero-order valence-corrected chi connectivity index (χ0v) is 13.1. The second-order valence-corrected chi connectivity index (χ2v) is 6.96. The van der Waals surface area contributed by atoms with Crippen molar-refractivity contribution in [3.63, 3.8) is 0 Å². The molecule has 0 saturated heterocycles. The van der Waals surface area contributed by atoms with E-state index in [2.05, 4.69) is 15.9 Å². The largest absolute Gasteiger partial charge is 0.488 e. The van der Waals surface area contributed by atoms with E-state index < -0.39 is 0 Å². The summed E-state index contributed by atoms with van der Waals surface area (Å²) in [7, 11) is 0. The quantitative estimate of drug-likeness (QED) is 0.738. The topological polar surface area (TPSA) is 29.5 Å². The second-order valence-electron chi connectivity index (χ2n) is 4.42. The molecule has 0 radical (unpaired) electrons. The summed E-state index contributed by atoms with van der Waals surface area (Å²) < 4.78 is 6.96. The summed E-state index contributed by atoms with van der Waals surface area (Å²) in [5.74, 6) is 0.746. The molecule has 0 spiro atoms. The van der Waals surface area contributed by atoms with Crippen molar-refractivity contribution in [1.82, 2.24) is 0 Å². The highest BCUT2D eigenvalue weighted by Gasteiger charge is 2.08. The molecule has 1 aromatic heterocycles.